The Kier molecular flexibility index (Phi) is 5.26. The van der Waals surface area contributed by atoms with Gasteiger partial charge in [-0.25, -0.2) is 19.3 Å². The lowest BCUT2D eigenvalue weighted by molar-refractivity contribution is -0.129. The number of ether oxygens (including phenoxy) is 1. The minimum absolute atomic E-state index is 0.0186. The maximum Gasteiger partial charge on any atom is 0.227 e. The standard InChI is InChI=1S/C24H26FN5O3/c1-14-18(20-12-33-15(2)28-20)8-16-4-5-24(29-23(16)27-14)6-7-30(13-24)22(31)10-17-9-21(32-3)26-11-19(17)25/h8-9,11-12H,4-7,10,13H2,1-3H3,(H,27,29)/t24-/m1/s1. The van der Waals surface area contributed by atoms with Gasteiger partial charge in [0.05, 0.1) is 25.3 Å². The number of methoxy groups -OCH3 is 1. The van der Waals surface area contributed by atoms with Crippen molar-refractivity contribution >= 4 is 11.7 Å². The van der Waals surface area contributed by atoms with Crippen molar-refractivity contribution < 1.29 is 18.3 Å². The number of nitrogens with zero attached hydrogens (tertiary/aromatic N) is 4. The smallest absolute Gasteiger partial charge is 0.227 e. The topological polar surface area (TPSA) is 93.4 Å². The molecule has 5 heterocycles. The van der Waals surface area contributed by atoms with E-state index in [0.29, 0.717) is 30.4 Å². The lowest BCUT2D eigenvalue weighted by atomic mass is 9.86. The molecular weight excluding hydrogens is 425 g/mol. The molecule has 2 aliphatic rings. The third-order valence-electron chi connectivity index (χ3n) is 6.61. The molecule has 1 saturated heterocycles. The van der Waals surface area contributed by atoms with Crippen molar-refractivity contribution in [3.8, 4) is 17.1 Å². The molecule has 33 heavy (non-hydrogen) atoms. The highest BCUT2D eigenvalue weighted by Crippen LogP contribution is 2.38. The Balaban J connectivity index is 1.30. The van der Waals surface area contributed by atoms with Gasteiger partial charge in [0.15, 0.2) is 5.89 Å². The molecule has 0 unspecified atom stereocenters. The molecule has 3 aromatic rings. The molecule has 1 N–H and O–H groups in total. The Morgan fingerprint density at radius 1 is 1.30 bits per heavy atom. The largest absolute Gasteiger partial charge is 0.481 e. The van der Waals surface area contributed by atoms with Crippen LogP contribution in [0.15, 0.2) is 29.0 Å². The summed E-state index contributed by atoms with van der Waals surface area (Å²) in [7, 11) is 1.47. The zero-order valence-electron chi connectivity index (χ0n) is 18.9. The predicted octanol–water partition coefficient (Wildman–Crippen LogP) is 3.47. The summed E-state index contributed by atoms with van der Waals surface area (Å²) in [6.07, 6.45) is 5.31. The highest BCUT2D eigenvalue weighted by atomic mass is 19.1. The molecule has 0 radical (unpaired) electrons. The first-order valence-corrected chi connectivity index (χ1v) is 11.0. The summed E-state index contributed by atoms with van der Waals surface area (Å²) in [5, 5.41) is 3.62. The second-order valence-electron chi connectivity index (χ2n) is 8.85. The van der Waals surface area contributed by atoms with Crippen molar-refractivity contribution in [1.82, 2.24) is 19.9 Å². The van der Waals surface area contributed by atoms with E-state index < -0.39 is 5.82 Å². The Morgan fingerprint density at radius 3 is 2.91 bits per heavy atom. The second kappa shape index (κ2) is 8.13. The van der Waals surface area contributed by atoms with Crippen LogP contribution in [0, 0.1) is 19.7 Å². The summed E-state index contributed by atoms with van der Waals surface area (Å²) in [5.74, 6) is 1.18. The van der Waals surface area contributed by atoms with E-state index in [1.807, 2.05) is 18.7 Å². The van der Waals surface area contributed by atoms with Crippen LogP contribution in [-0.2, 0) is 17.6 Å². The van der Waals surface area contributed by atoms with Gasteiger partial charge in [-0.05, 0) is 37.8 Å². The third-order valence-corrected chi connectivity index (χ3v) is 6.61. The van der Waals surface area contributed by atoms with E-state index in [9.17, 15) is 9.18 Å². The molecule has 0 saturated carbocycles. The zero-order valence-corrected chi connectivity index (χ0v) is 18.9. The molecule has 5 rings (SSSR count). The van der Waals surface area contributed by atoms with E-state index in [4.69, 9.17) is 14.1 Å². The molecule has 0 bridgehead atoms. The molecule has 9 heteroatoms. The van der Waals surface area contributed by atoms with Crippen molar-refractivity contribution in [2.45, 2.75) is 45.1 Å². The van der Waals surface area contributed by atoms with Crippen LogP contribution in [0.1, 0.15) is 35.6 Å². The number of likely N-dealkylation sites (tertiary alicyclic amines) is 1. The summed E-state index contributed by atoms with van der Waals surface area (Å²) >= 11 is 0. The van der Waals surface area contributed by atoms with Crippen LogP contribution in [-0.4, -0.2) is 51.5 Å². The van der Waals surface area contributed by atoms with Crippen LogP contribution in [0.2, 0.25) is 0 Å². The number of pyridine rings is 2. The number of carbonyl (C=O) groups excluding carboxylic acids is 1. The van der Waals surface area contributed by atoms with E-state index in [1.165, 1.54) is 13.2 Å². The Labute approximate surface area is 191 Å². The van der Waals surface area contributed by atoms with Crippen molar-refractivity contribution in [2.75, 3.05) is 25.5 Å². The zero-order chi connectivity index (χ0) is 23.2. The predicted molar refractivity (Wildman–Crippen MR) is 120 cm³/mol. The molecule has 1 atom stereocenters. The van der Waals surface area contributed by atoms with Gasteiger partial charge < -0.3 is 19.4 Å². The molecular formula is C24H26FN5O3. The van der Waals surface area contributed by atoms with Crippen molar-refractivity contribution in [3.05, 3.63) is 53.1 Å². The fourth-order valence-corrected chi connectivity index (χ4v) is 4.75. The fourth-order valence-electron chi connectivity index (χ4n) is 4.75. The molecule has 1 spiro atoms. The van der Waals surface area contributed by atoms with Crippen molar-refractivity contribution in [2.24, 2.45) is 0 Å². The normalized spacial score (nSPS) is 19.5. The summed E-state index contributed by atoms with van der Waals surface area (Å²) in [6, 6.07) is 3.61. The van der Waals surface area contributed by atoms with Gasteiger partial charge in [-0.1, -0.05) is 0 Å². The lowest BCUT2D eigenvalue weighted by Crippen LogP contribution is -2.45. The van der Waals surface area contributed by atoms with Gasteiger partial charge in [0.2, 0.25) is 11.8 Å². The Morgan fingerprint density at radius 2 is 2.15 bits per heavy atom. The van der Waals surface area contributed by atoms with Gasteiger partial charge in [-0.15, -0.1) is 0 Å². The van der Waals surface area contributed by atoms with E-state index >= 15 is 0 Å². The first-order chi connectivity index (χ1) is 15.9. The van der Waals surface area contributed by atoms with E-state index in [-0.39, 0.29) is 17.9 Å². The first-order valence-electron chi connectivity index (χ1n) is 11.0. The fraction of sp³-hybridized carbons (Fsp3) is 0.417. The summed E-state index contributed by atoms with van der Waals surface area (Å²) < 4.78 is 24.6. The number of aryl methyl sites for hydroxylation is 3. The van der Waals surface area contributed by atoms with E-state index in [1.54, 1.807) is 6.26 Å². The minimum Gasteiger partial charge on any atom is -0.481 e. The average Bonchev–Trinajstić information content (AvgIpc) is 3.41. The molecule has 3 aromatic heterocycles. The Hall–Kier alpha value is -3.49. The van der Waals surface area contributed by atoms with Gasteiger partial charge in [0.25, 0.3) is 0 Å². The summed E-state index contributed by atoms with van der Waals surface area (Å²) in [4.78, 5) is 27.8. The molecule has 0 aromatic carbocycles. The van der Waals surface area contributed by atoms with Crippen LogP contribution in [0.4, 0.5) is 10.2 Å². The SMILES string of the molecule is COc1cc(CC(=O)N2CC[C@]3(CCc4cc(-c5coc(C)n5)c(C)nc4N3)C2)c(F)cn1. The highest BCUT2D eigenvalue weighted by Gasteiger charge is 2.42. The molecule has 8 nitrogen and oxygen atoms in total. The van der Waals surface area contributed by atoms with Crippen LogP contribution in [0.5, 0.6) is 5.88 Å². The van der Waals surface area contributed by atoms with Crippen molar-refractivity contribution in [1.29, 1.82) is 0 Å². The summed E-state index contributed by atoms with van der Waals surface area (Å²) in [5.41, 5.74) is 3.85. The quantitative estimate of drug-likeness (QED) is 0.649. The van der Waals surface area contributed by atoms with Crippen LogP contribution in [0.3, 0.4) is 0 Å². The number of carbonyl (C=O) groups is 1. The second-order valence-corrected chi connectivity index (χ2v) is 8.85. The maximum absolute atomic E-state index is 14.1. The number of anilines is 1. The molecule has 1 fully saturated rings. The van der Waals surface area contributed by atoms with Crippen molar-refractivity contribution in [3.63, 3.8) is 0 Å². The maximum atomic E-state index is 14.1. The molecule has 0 aliphatic carbocycles. The van der Waals surface area contributed by atoms with Gasteiger partial charge >= 0.3 is 0 Å². The van der Waals surface area contributed by atoms with Crippen LogP contribution in [0.25, 0.3) is 11.3 Å². The van der Waals surface area contributed by atoms with Gasteiger partial charge in [0, 0.05) is 42.9 Å². The number of fused-ring (bicyclic) bond motifs is 1. The molecule has 1 amide bonds. The lowest BCUT2D eigenvalue weighted by Gasteiger charge is -2.36. The van der Waals surface area contributed by atoms with Gasteiger partial charge in [0.1, 0.15) is 23.6 Å². The van der Waals surface area contributed by atoms with E-state index in [0.717, 1.165) is 53.8 Å². The van der Waals surface area contributed by atoms with Gasteiger partial charge in [-0.2, -0.15) is 0 Å². The number of hydrogen-bond donors (Lipinski definition) is 1. The number of nitrogens with one attached hydrogen (secondary N) is 1. The third kappa shape index (κ3) is 4.03. The molecule has 2 aliphatic heterocycles. The minimum atomic E-state index is -0.499. The number of rotatable bonds is 4. The number of halogens is 1. The average molecular weight is 452 g/mol. The summed E-state index contributed by atoms with van der Waals surface area (Å²) in [6.45, 7) is 4.98. The number of aromatic nitrogens is 3. The van der Waals surface area contributed by atoms with Crippen LogP contribution < -0.4 is 10.1 Å². The van der Waals surface area contributed by atoms with Gasteiger partial charge in [-0.3, -0.25) is 4.79 Å². The highest BCUT2D eigenvalue weighted by molar-refractivity contribution is 5.79. The number of oxazole rings is 1. The molecule has 172 valence electrons. The number of amides is 1. The first kappa shape index (κ1) is 21.4. The van der Waals surface area contributed by atoms with Crippen LogP contribution >= 0.6 is 0 Å². The Bertz CT molecular complexity index is 1230. The van der Waals surface area contributed by atoms with E-state index in [2.05, 4.69) is 21.4 Å². The monoisotopic (exact) mass is 451 g/mol. The number of hydrogen-bond acceptors (Lipinski definition) is 7.